The van der Waals surface area contributed by atoms with Crippen LogP contribution in [0.1, 0.15) is 48.2 Å². The summed E-state index contributed by atoms with van der Waals surface area (Å²) in [5, 5.41) is 0. The molecule has 0 heterocycles. The number of carbonyl (C=O) groups excluding carboxylic acids is 1. The van der Waals surface area contributed by atoms with E-state index in [2.05, 4.69) is 13.8 Å². The van der Waals surface area contributed by atoms with Crippen LogP contribution >= 0.6 is 0 Å². The van der Waals surface area contributed by atoms with Crippen LogP contribution in [-0.4, -0.2) is 19.7 Å². The molecule has 0 aromatic heterocycles. The Hall–Kier alpha value is -1.51. The van der Waals surface area contributed by atoms with Gasteiger partial charge in [-0.15, -0.1) is 0 Å². The summed E-state index contributed by atoms with van der Waals surface area (Å²) in [7, 11) is 1.40. The molecule has 0 bridgehead atoms. The summed E-state index contributed by atoms with van der Waals surface area (Å²) >= 11 is 0. The lowest BCUT2D eigenvalue weighted by molar-refractivity contribution is 0.0599. The van der Waals surface area contributed by atoms with E-state index >= 15 is 0 Å². The van der Waals surface area contributed by atoms with Crippen molar-refractivity contribution in [2.24, 2.45) is 0 Å². The van der Waals surface area contributed by atoms with Crippen LogP contribution in [0.4, 0.5) is 0 Å². The summed E-state index contributed by atoms with van der Waals surface area (Å²) in [6.45, 7) is 8.62. The van der Waals surface area contributed by atoms with Crippen molar-refractivity contribution in [1.82, 2.24) is 0 Å². The van der Waals surface area contributed by atoms with Crippen molar-refractivity contribution >= 4 is 5.97 Å². The molecule has 3 heteroatoms. The normalized spacial score (nSPS) is 10.5. The fourth-order valence-corrected chi connectivity index (χ4v) is 1.76. The second kappa shape index (κ2) is 5.71. The van der Waals surface area contributed by atoms with E-state index in [1.165, 1.54) is 7.11 Å². The first-order valence-corrected chi connectivity index (χ1v) is 5.86. The average molecular weight is 236 g/mol. The minimum atomic E-state index is -0.299. The third-order valence-corrected chi connectivity index (χ3v) is 2.68. The van der Waals surface area contributed by atoms with Gasteiger partial charge in [0.1, 0.15) is 5.75 Å². The maximum atomic E-state index is 11.6. The smallest absolute Gasteiger partial charge is 0.338 e. The van der Waals surface area contributed by atoms with E-state index in [9.17, 15) is 4.79 Å². The van der Waals surface area contributed by atoms with Gasteiger partial charge in [0.25, 0.3) is 0 Å². The van der Waals surface area contributed by atoms with Gasteiger partial charge in [-0.1, -0.05) is 13.8 Å². The van der Waals surface area contributed by atoms with Crippen molar-refractivity contribution in [2.45, 2.75) is 33.6 Å². The Balaban J connectivity index is 3.29. The number of hydrogen-bond donors (Lipinski definition) is 0. The summed E-state index contributed by atoms with van der Waals surface area (Å²) in [6.07, 6.45) is 0. The molecule has 0 aliphatic carbocycles. The van der Waals surface area contributed by atoms with Crippen molar-refractivity contribution in [2.75, 3.05) is 13.7 Å². The molecule has 17 heavy (non-hydrogen) atoms. The molecule has 0 saturated heterocycles. The van der Waals surface area contributed by atoms with E-state index in [1.807, 2.05) is 26.0 Å². The summed E-state index contributed by atoms with van der Waals surface area (Å²) in [5.41, 5.74) is 2.53. The third kappa shape index (κ3) is 2.99. The van der Waals surface area contributed by atoms with Crippen molar-refractivity contribution in [1.29, 1.82) is 0 Å². The number of aryl methyl sites for hydroxylation is 1. The van der Waals surface area contributed by atoms with Crippen LogP contribution in [0.15, 0.2) is 12.1 Å². The van der Waals surface area contributed by atoms with Crippen LogP contribution in [0.3, 0.4) is 0 Å². The largest absolute Gasteiger partial charge is 0.494 e. The highest BCUT2D eigenvalue weighted by atomic mass is 16.5. The molecule has 0 unspecified atom stereocenters. The van der Waals surface area contributed by atoms with Crippen LogP contribution in [0.5, 0.6) is 5.75 Å². The Labute approximate surface area is 103 Å². The van der Waals surface area contributed by atoms with E-state index in [1.54, 1.807) is 0 Å². The highest BCUT2D eigenvalue weighted by molar-refractivity contribution is 5.91. The molecular weight excluding hydrogens is 216 g/mol. The Morgan fingerprint density at radius 1 is 1.35 bits per heavy atom. The molecule has 94 valence electrons. The first-order chi connectivity index (χ1) is 8.01. The quantitative estimate of drug-likeness (QED) is 0.752. The molecule has 0 radical (unpaired) electrons. The van der Waals surface area contributed by atoms with E-state index in [4.69, 9.17) is 9.47 Å². The minimum absolute atomic E-state index is 0.299. The number of ether oxygens (including phenoxy) is 2. The Morgan fingerprint density at radius 3 is 2.47 bits per heavy atom. The predicted molar refractivity (Wildman–Crippen MR) is 67.8 cm³/mol. The lowest BCUT2D eigenvalue weighted by atomic mass is 9.96. The molecule has 1 aromatic rings. The number of hydrogen-bond acceptors (Lipinski definition) is 3. The zero-order valence-electron chi connectivity index (χ0n) is 11.2. The van der Waals surface area contributed by atoms with Crippen LogP contribution < -0.4 is 4.74 Å². The minimum Gasteiger partial charge on any atom is -0.494 e. The Bertz CT molecular complexity index is 408. The van der Waals surface area contributed by atoms with Gasteiger partial charge >= 0.3 is 5.97 Å². The van der Waals surface area contributed by atoms with Crippen molar-refractivity contribution in [3.63, 3.8) is 0 Å². The van der Waals surface area contributed by atoms with Gasteiger partial charge in [-0.2, -0.15) is 0 Å². The first kappa shape index (κ1) is 13.6. The van der Waals surface area contributed by atoms with Crippen LogP contribution in [0.25, 0.3) is 0 Å². The van der Waals surface area contributed by atoms with E-state index < -0.39 is 0 Å². The van der Waals surface area contributed by atoms with E-state index in [0.717, 1.165) is 16.9 Å². The molecule has 0 atom stereocenters. The monoisotopic (exact) mass is 236 g/mol. The molecule has 3 nitrogen and oxygen atoms in total. The third-order valence-electron chi connectivity index (χ3n) is 2.68. The molecule has 0 aliphatic heterocycles. The van der Waals surface area contributed by atoms with Crippen LogP contribution in [-0.2, 0) is 4.74 Å². The van der Waals surface area contributed by atoms with Crippen molar-refractivity contribution in [3.05, 3.63) is 28.8 Å². The molecule has 0 amide bonds. The highest BCUT2D eigenvalue weighted by Gasteiger charge is 2.16. The zero-order valence-corrected chi connectivity index (χ0v) is 11.2. The van der Waals surface area contributed by atoms with Gasteiger partial charge in [-0.3, -0.25) is 0 Å². The molecule has 0 N–H and O–H groups in total. The summed E-state index contributed by atoms with van der Waals surface area (Å²) in [5.74, 6) is 0.862. The van der Waals surface area contributed by atoms with Gasteiger partial charge in [0, 0.05) is 0 Å². The number of esters is 1. The molecule has 0 spiro atoms. The number of methoxy groups -OCH3 is 1. The van der Waals surface area contributed by atoms with Gasteiger partial charge in [-0.25, -0.2) is 4.79 Å². The zero-order chi connectivity index (χ0) is 13.0. The standard InChI is InChI=1S/C14H20O3/c1-6-17-13-7-10(4)12(14(15)16-5)8-11(13)9(2)3/h7-9H,6H2,1-5H3. The fraction of sp³-hybridized carbons (Fsp3) is 0.500. The lowest BCUT2D eigenvalue weighted by Gasteiger charge is -2.16. The molecule has 0 saturated carbocycles. The molecule has 0 fully saturated rings. The summed E-state index contributed by atoms with van der Waals surface area (Å²) < 4.78 is 10.4. The molecular formula is C14H20O3. The predicted octanol–water partition coefficient (Wildman–Crippen LogP) is 3.30. The SMILES string of the molecule is CCOc1cc(C)c(C(=O)OC)cc1C(C)C. The number of rotatable bonds is 4. The lowest BCUT2D eigenvalue weighted by Crippen LogP contribution is -2.07. The van der Waals surface area contributed by atoms with Gasteiger partial charge in [0.15, 0.2) is 0 Å². The van der Waals surface area contributed by atoms with E-state index in [0.29, 0.717) is 18.1 Å². The van der Waals surface area contributed by atoms with Crippen molar-refractivity contribution in [3.8, 4) is 5.75 Å². The average Bonchev–Trinajstić information content (AvgIpc) is 2.28. The second-order valence-corrected chi connectivity index (χ2v) is 4.28. The van der Waals surface area contributed by atoms with Crippen LogP contribution in [0.2, 0.25) is 0 Å². The number of carbonyl (C=O) groups is 1. The topological polar surface area (TPSA) is 35.5 Å². The maximum absolute atomic E-state index is 11.6. The van der Waals surface area contributed by atoms with Gasteiger partial charge in [0.05, 0.1) is 19.3 Å². The highest BCUT2D eigenvalue weighted by Crippen LogP contribution is 2.30. The molecule has 1 aromatic carbocycles. The molecule has 1 rings (SSSR count). The van der Waals surface area contributed by atoms with E-state index in [-0.39, 0.29) is 5.97 Å². The second-order valence-electron chi connectivity index (χ2n) is 4.28. The van der Waals surface area contributed by atoms with Crippen molar-refractivity contribution < 1.29 is 14.3 Å². The summed E-state index contributed by atoms with van der Waals surface area (Å²) in [4.78, 5) is 11.6. The Morgan fingerprint density at radius 2 is 2.00 bits per heavy atom. The Kier molecular flexibility index (Phi) is 4.55. The fourth-order valence-electron chi connectivity index (χ4n) is 1.76. The van der Waals surface area contributed by atoms with Crippen LogP contribution in [0, 0.1) is 6.92 Å². The number of benzene rings is 1. The first-order valence-electron chi connectivity index (χ1n) is 5.86. The van der Waals surface area contributed by atoms with Gasteiger partial charge in [-0.05, 0) is 43.0 Å². The van der Waals surface area contributed by atoms with Gasteiger partial charge in [0.2, 0.25) is 0 Å². The van der Waals surface area contributed by atoms with Gasteiger partial charge < -0.3 is 9.47 Å². The summed E-state index contributed by atoms with van der Waals surface area (Å²) in [6, 6.07) is 3.78. The maximum Gasteiger partial charge on any atom is 0.338 e. The molecule has 0 aliphatic rings.